The third-order valence-electron chi connectivity index (χ3n) is 8.97. The molecule has 0 aromatic heterocycles. The van der Waals surface area contributed by atoms with Gasteiger partial charge in [0.25, 0.3) is 0 Å². The summed E-state index contributed by atoms with van der Waals surface area (Å²) < 4.78 is 0. The molecule has 206 valence electrons. The highest BCUT2D eigenvalue weighted by Gasteiger charge is 2.56. The molecule has 3 saturated carbocycles. The fourth-order valence-electron chi connectivity index (χ4n) is 7.68. The lowest BCUT2D eigenvalue weighted by molar-refractivity contribution is -0.0601. The number of terminal acetylenes is 2. The molecule has 35 heavy (non-hydrogen) atoms. The number of hydrogen-bond donors (Lipinski definition) is 0. The van der Waals surface area contributed by atoms with Crippen LogP contribution in [0.15, 0.2) is 13.2 Å². The Morgan fingerprint density at radius 3 is 1.80 bits per heavy atom. The molecule has 0 spiro atoms. The number of fused-ring (bicyclic) bond motifs is 3. The zero-order valence-corrected chi connectivity index (χ0v) is 26.2. The van der Waals surface area contributed by atoms with Gasteiger partial charge in [-0.25, -0.2) is 0 Å². The summed E-state index contributed by atoms with van der Waals surface area (Å²) in [7, 11) is 0. The van der Waals surface area contributed by atoms with E-state index in [9.17, 15) is 0 Å². The van der Waals surface area contributed by atoms with Crippen LogP contribution in [0.3, 0.4) is 0 Å². The van der Waals surface area contributed by atoms with Crippen molar-refractivity contribution in [3.63, 3.8) is 0 Å². The summed E-state index contributed by atoms with van der Waals surface area (Å²) >= 11 is 0. The van der Waals surface area contributed by atoms with Crippen molar-refractivity contribution in [2.45, 2.75) is 140 Å². The van der Waals surface area contributed by atoms with E-state index in [1.807, 2.05) is 13.8 Å². The Labute approximate surface area is 224 Å². The minimum Gasteiger partial charge on any atom is -0.124 e. The Kier molecular flexibility index (Phi) is 23.0. The van der Waals surface area contributed by atoms with E-state index in [0.29, 0.717) is 10.8 Å². The van der Waals surface area contributed by atoms with Crippen LogP contribution in [0.25, 0.3) is 0 Å². The Bertz CT molecular complexity index is 546. The van der Waals surface area contributed by atoms with Gasteiger partial charge in [-0.05, 0) is 91.8 Å². The van der Waals surface area contributed by atoms with Crippen LogP contribution in [-0.2, 0) is 0 Å². The van der Waals surface area contributed by atoms with Crippen LogP contribution in [0.2, 0.25) is 0 Å². The molecule has 0 aromatic rings. The Morgan fingerprint density at radius 2 is 1.34 bits per heavy atom. The molecule has 3 rings (SSSR count). The van der Waals surface area contributed by atoms with Crippen LogP contribution >= 0.6 is 0 Å². The monoisotopic (exact) mass is 487 g/mol. The van der Waals surface area contributed by atoms with Crippen molar-refractivity contribution in [2.75, 3.05) is 0 Å². The standard InChI is InChI=1S/C23H42.C3H8.C3H4.C2H6.C2H4.C2H2/c1-7-18-10-11-20-21-17(3)15-16(2)9-8-13-22(4,5)19(21)12-14-23(18,20)6;2*1-3-2;3*1-2/h16-21H,7-15H2,1-6H3;3H2,1-2H3;1H,2H3;1-2H3;1-2H2;1-2H. The van der Waals surface area contributed by atoms with Crippen molar-refractivity contribution < 1.29 is 0 Å². The highest BCUT2D eigenvalue weighted by Crippen LogP contribution is 2.64. The van der Waals surface area contributed by atoms with Gasteiger partial charge in [-0.1, -0.05) is 94.9 Å². The Morgan fingerprint density at radius 1 is 0.857 bits per heavy atom. The zero-order chi connectivity index (χ0) is 28.2. The fraction of sp³-hybridized carbons (Fsp3) is 0.829. The highest BCUT2D eigenvalue weighted by atomic mass is 14.6. The first-order valence-electron chi connectivity index (χ1n) is 14.8. The lowest BCUT2D eigenvalue weighted by Gasteiger charge is -2.55. The third kappa shape index (κ3) is 11.2. The normalized spacial score (nSPS) is 34.2. The predicted octanol–water partition coefficient (Wildman–Crippen LogP) is 11.5. The average molecular weight is 487 g/mol. The summed E-state index contributed by atoms with van der Waals surface area (Å²) in [5.41, 5.74) is 1.23. The second kappa shape index (κ2) is 21.0. The molecule has 0 bridgehead atoms. The van der Waals surface area contributed by atoms with Crippen molar-refractivity contribution in [2.24, 2.45) is 46.3 Å². The molecule has 0 nitrogen and oxygen atoms in total. The zero-order valence-electron chi connectivity index (χ0n) is 26.2. The summed E-state index contributed by atoms with van der Waals surface area (Å²) in [4.78, 5) is 0. The van der Waals surface area contributed by atoms with Gasteiger partial charge in [0.1, 0.15) is 0 Å². The van der Waals surface area contributed by atoms with Crippen LogP contribution in [0.4, 0.5) is 0 Å². The molecule has 7 atom stereocenters. The van der Waals surface area contributed by atoms with Crippen LogP contribution < -0.4 is 0 Å². The van der Waals surface area contributed by atoms with Gasteiger partial charge in [-0.3, -0.25) is 0 Å². The molecule has 0 N–H and O–H groups in total. The molecule has 0 heteroatoms. The largest absolute Gasteiger partial charge is 0.124 e. The van der Waals surface area contributed by atoms with Crippen molar-refractivity contribution in [3.8, 4) is 25.2 Å². The van der Waals surface area contributed by atoms with Gasteiger partial charge in [-0.15, -0.1) is 38.3 Å². The molecule has 3 aliphatic rings. The van der Waals surface area contributed by atoms with Crippen molar-refractivity contribution >= 4 is 0 Å². The maximum Gasteiger partial charge on any atom is -0.00297 e. The molecule has 0 amide bonds. The molecule has 7 unspecified atom stereocenters. The molecule has 0 heterocycles. The lowest BCUT2D eigenvalue weighted by Crippen LogP contribution is -2.48. The van der Waals surface area contributed by atoms with Crippen molar-refractivity contribution in [1.82, 2.24) is 0 Å². The summed E-state index contributed by atoms with van der Waals surface area (Å²) in [6.07, 6.45) is 27.2. The Balaban J connectivity index is -0.000000736. The number of rotatable bonds is 1. The second-order valence-corrected chi connectivity index (χ2v) is 11.7. The first kappa shape index (κ1) is 38.4. The van der Waals surface area contributed by atoms with Gasteiger partial charge in [0.05, 0.1) is 0 Å². The first-order valence-corrected chi connectivity index (χ1v) is 14.8. The van der Waals surface area contributed by atoms with E-state index >= 15 is 0 Å². The van der Waals surface area contributed by atoms with Crippen LogP contribution in [-0.4, -0.2) is 0 Å². The molecule has 0 saturated heterocycles. The second-order valence-electron chi connectivity index (χ2n) is 11.7. The van der Waals surface area contributed by atoms with Crippen LogP contribution in [0.1, 0.15) is 140 Å². The van der Waals surface area contributed by atoms with E-state index in [-0.39, 0.29) is 0 Å². The fourth-order valence-corrected chi connectivity index (χ4v) is 7.68. The molecular formula is C35H66. The number of hydrogen-bond acceptors (Lipinski definition) is 0. The van der Waals surface area contributed by atoms with Crippen LogP contribution in [0.5, 0.6) is 0 Å². The SMILES string of the molecule is C#C.C#CC.C=C.CC.CCC.CCC1CCC2C3C(C)CC(C)CCCC(C)(C)C3CCC12C. The molecule has 0 radical (unpaired) electrons. The third-order valence-corrected chi connectivity index (χ3v) is 8.97. The quantitative estimate of drug-likeness (QED) is 0.255. The van der Waals surface area contributed by atoms with E-state index < -0.39 is 0 Å². The molecule has 3 aliphatic carbocycles. The maximum absolute atomic E-state index is 4.60. The van der Waals surface area contributed by atoms with Gasteiger partial charge >= 0.3 is 0 Å². The van der Waals surface area contributed by atoms with Gasteiger partial charge in [-0.2, -0.15) is 0 Å². The molecule has 3 fully saturated rings. The van der Waals surface area contributed by atoms with E-state index in [1.165, 1.54) is 64.2 Å². The van der Waals surface area contributed by atoms with E-state index in [4.69, 9.17) is 0 Å². The summed E-state index contributed by atoms with van der Waals surface area (Å²) in [6.45, 7) is 31.4. The molecule has 0 aromatic carbocycles. The topological polar surface area (TPSA) is 0 Å². The lowest BCUT2D eigenvalue weighted by atomic mass is 9.50. The highest BCUT2D eigenvalue weighted by molar-refractivity contribution is 5.05. The van der Waals surface area contributed by atoms with Crippen molar-refractivity contribution in [1.29, 1.82) is 0 Å². The van der Waals surface area contributed by atoms with Gasteiger partial charge in [0, 0.05) is 0 Å². The van der Waals surface area contributed by atoms with Gasteiger partial charge < -0.3 is 0 Å². The summed E-state index contributed by atoms with van der Waals surface area (Å²) in [6, 6.07) is 0. The first-order chi connectivity index (χ1) is 16.6. The molecular weight excluding hydrogens is 420 g/mol. The minimum absolute atomic E-state index is 0.564. The summed E-state index contributed by atoms with van der Waals surface area (Å²) in [5, 5.41) is 0. The predicted molar refractivity (Wildman–Crippen MR) is 164 cm³/mol. The van der Waals surface area contributed by atoms with E-state index in [1.54, 1.807) is 6.92 Å². The van der Waals surface area contributed by atoms with E-state index in [2.05, 4.69) is 93.7 Å². The Hall–Kier alpha value is -1.14. The van der Waals surface area contributed by atoms with Gasteiger partial charge in [0.2, 0.25) is 0 Å². The smallest absolute Gasteiger partial charge is 0.00297 e. The van der Waals surface area contributed by atoms with E-state index in [0.717, 1.165) is 35.5 Å². The molecule has 0 aliphatic heterocycles. The van der Waals surface area contributed by atoms with Gasteiger partial charge in [0.15, 0.2) is 0 Å². The van der Waals surface area contributed by atoms with Crippen molar-refractivity contribution in [3.05, 3.63) is 13.2 Å². The summed E-state index contributed by atoms with van der Waals surface area (Å²) in [5.74, 6) is 8.14. The maximum atomic E-state index is 4.60. The average Bonchev–Trinajstić information content (AvgIpc) is 3.20. The van der Waals surface area contributed by atoms with Crippen LogP contribution in [0, 0.1) is 71.5 Å². The minimum atomic E-state index is 0.564.